The summed E-state index contributed by atoms with van der Waals surface area (Å²) in [5, 5.41) is 4.29. The largest absolute Gasteiger partial charge is 0.495 e. The number of nitrogens with one attached hydrogen (secondary N) is 1. The van der Waals surface area contributed by atoms with Gasteiger partial charge in [-0.1, -0.05) is 48.0 Å². The Balaban J connectivity index is 0.00000156. The molecule has 0 bridgehead atoms. The van der Waals surface area contributed by atoms with Crippen molar-refractivity contribution in [2.24, 2.45) is 0 Å². The number of methoxy groups -OCH3 is 1. The number of rotatable bonds is 5. The summed E-state index contributed by atoms with van der Waals surface area (Å²) in [6.07, 6.45) is 0.985. The van der Waals surface area contributed by atoms with Crippen LogP contribution in [-0.2, 0) is 13.0 Å². The van der Waals surface area contributed by atoms with Gasteiger partial charge in [-0.15, -0.1) is 24.8 Å². The first-order valence-corrected chi connectivity index (χ1v) is 8.44. The Labute approximate surface area is 167 Å². The van der Waals surface area contributed by atoms with Crippen LogP contribution in [0.2, 0.25) is 5.02 Å². The summed E-state index contributed by atoms with van der Waals surface area (Å²) in [5.41, 5.74) is 2.63. The van der Waals surface area contributed by atoms with E-state index in [1.165, 1.54) is 11.1 Å². The van der Waals surface area contributed by atoms with Crippen molar-refractivity contribution in [3.63, 3.8) is 0 Å². The average molecular weight is 404 g/mol. The van der Waals surface area contributed by atoms with Gasteiger partial charge in [0, 0.05) is 32.2 Å². The lowest BCUT2D eigenvalue weighted by molar-refractivity contribution is 0.192. The third kappa shape index (κ3) is 6.36. The zero-order chi connectivity index (χ0) is 16.1. The average Bonchev–Trinajstić information content (AvgIpc) is 2.58. The van der Waals surface area contributed by atoms with Crippen LogP contribution < -0.4 is 10.1 Å². The van der Waals surface area contributed by atoms with E-state index in [4.69, 9.17) is 16.3 Å². The maximum atomic E-state index is 6.10. The Bertz CT molecular complexity index is 640. The summed E-state index contributed by atoms with van der Waals surface area (Å²) in [7, 11) is 1.66. The van der Waals surface area contributed by atoms with E-state index in [-0.39, 0.29) is 24.8 Å². The second-order valence-corrected chi connectivity index (χ2v) is 6.45. The Kier molecular flexibility index (Phi) is 9.62. The molecule has 2 aromatic carbocycles. The fraction of sp³-hybridized carbons (Fsp3) is 0.368. The molecule has 0 saturated carbocycles. The van der Waals surface area contributed by atoms with Gasteiger partial charge < -0.3 is 10.1 Å². The van der Waals surface area contributed by atoms with Gasteiger partial charge in [-0.2, -0.15) is 0 Å². The summed E-state index contributed by atoms with van der Waals surface area (Å²) >= 11 is 6.10. The summed E-state index contributed by atoms with van der Waals surface area (Å²) in [6, 6.07) is 17.2. The van der Waals surface area contributed by atoms with Crippen LogP contribution >= 0.6 is 36.4 Å². The molecule has 1 saturated heterocycles. The Morgan fingerprint density at radius 1 is 1.12 bits per heavy atom. The van der Waals surface area contributed by atoms with Crippen LogP contribution in [0.5, 0.6) is 5.75 Å². The fourth-order valence-corrected chi connectivity index (χ4v) is 3.33. The first kappa shape index (κ1) is 22.1. The van der Waals surface area contributed by atoms with E-state index in [0.717, 1.165) is 38.3 Å². The van der Waals surface area contributed by atoms with E-state index in [1.54, 1.807) is 7.11 Å². The molecule has 1 heterocycles. The minimum atomic E-state index is 0. The fourth-order valence-electron chi connectivity index (χ4n) is 3.13. The summed E-state index contributed by atoms with van der Waals surface area (Å²) in [5.74, 6) is 0.751. The molecule has 1 aliphatic heterocycles. The first-order chi connectivity index (χ1) is 11.2. The molecule has 138 valence electrons. The van der Waals surface area contributed by atoms with Gasteiger partial charge in [0.25, 0.3) is 0 Å². The van der Waals surface area contributed by atoms with Crippen LogP contribution in [0.25, 0.3) is 0 Å². The molecule has 3 nitrogen and oxygen atoms in total. The number of benzene rings is 2. The molecule has 25 heavy (non-hydrogen) atoms. The van der Waals surface area contributed by atoms with E-state index >= 15 is 0 Å². The molecule has 2 aromatic rings. The molecule has 1 fully saturated rings. The zero-order valence-corrected chi connectivity index (χ0v) is 16.7. The highest BCUT2D eigenvalue weighted by Gasteiger charge is 2.20. The maximum absolute atomic E-state index is 6.10. The monoisotopic (exact) mass is 402 g/mol. The highest BCUT2D eigenvalue weighted by Crippen LogP contribution is 2.25. The lowest BCUT2D eigenvalue weighted by Gasteiger charge is -2.34. The van der Waals surface area contributed by atoms with Gasteiger partial charge in [0.1, 0.15) is 5.75 Å². The molecule has 0 amide bonds. The molecule has 0 spiro atoms. The number of ether oxygens (including phenoxy) is 1. The first-order valence-electron chi connectivity index (χ1n) is 8.06. The van der Waals surface area contributed by atoms with Gasteiger partial charge in [0.2, 0.25) is 0 Å². The normalized spacial score (nSPS) is 17.3. The van der Waals surface area contributed by atoms with Crippen LogP contribution in [0.3, 0.4) is 0 Å². The van der Waals surface area contributed by atoms with Gasteiger partial charge >= 0.3 is 0 Å². The van der Waals surface area contributed by atoms with E-state index < -0.39 is 0 Å². The van der Waals surface area contributed by atoms with Crippen LogP contribution in [-0.4, -0.2) is 37.7 Å². The number of halogens is 3. The zero-order valence-electron chi connectivity index (χ0n) is 14.3. The SMILES string of the molecule is COc1cc(C[C@@H]2CN(Cc3ccccc3)CCN2)ccc1Cl.Cl.Cl. The molecule has 1 N–H and O–H groups in total. The molecule has 1 aliphatic rings. The molecule has 3 rings (SSSR count). The van der Waals surface area contributed by atoms with Crippen molar-refractivity contribution in [2.45, 2.75) is 19.0 Å². The summed E-state index contributed by atoms with van der Waals surface area (Å²) < 4.78 is 5.31. The third-order valence-electron chi connectivity index (χ3n) is 4.29. The summed E-state index contributed by atoms with van der Waals surface area (Å²) in [4.78, 5) is 2.52. The minimum Gasteiger partial charge on any atom is -0.495 e. The van der Waals surface area contributed by atoms with Crippen LogP contribution in [0.1, 0.15) is 11.1 Å². The molecule has 6 heteroatoms. The topological polar surface area (TPSA) is 24.5 Å². The number of hydrogen-bond donors (Lipinski definition) is 1. The standard InChI is InChI=1S/C19H23ClN2O.2ClH/c1-23-19-12-16(7-8-18(19)20)11-17-14-22(10-9-21-17)13-15-5-3-2-4-6-15;;/h2-8,12,17,21H,9-11,13-14H2,1H3;2*1H/t17-;;/m1../s1. The molecular weight excluding hydrogens is 379 g/mol. The van der Waals surface area contributed by atoms with E-state index in [0.29, 0.717) is 11.1 Å². The van der Waals surface area contributed by atoms with Crippen LogP contribution in [0, 0.1) is 0 Å². The molecular formula is C19H25Cl3N2O. The van der Waals surface area contributed by atoms with E-state index in [1.807, 2.05) is 12.1 Å². The molecule has 0 unspecified atom stereocenters. The van der Waals surface area contributed by atoms with Gasteiger partial charge in [0.15, 0.2) is 0 Å². The van der Waals surface area contributed by atoms with Crippen molar-refractivity contribution in [3.8, 4) is 5.75 Å². The maximum Gasteiger partial charge on any atom is 0.137 e. The van der Waals surface area contributed by atoms with Crippen molar-refractivity contribution in [2.75, 3.05) is 26.7 Å². The van der Waals surface area contributed by atoms with E-state index in [2.05, 4.69) is 46.6 Å². The van der Waals surface area contributed by atoms with Gasteiger partial charge in [-0.05, 0) is 29.7 Å². The van der Waals surface area contributed by atoms with Gasteiger partial charge in [-0.25, -0.2) is 0 Å². The lowest BCUT2D eigenvalue weighted by Crippen LogP contribution is -2.51. The second-order valence-electron chi connectivity index (χ2n) is 6.04. The number of piperazine rings is 1. The van der Waals surface area contributed by atoms with E-state index in [9.17, 15) is 0 Å². The predicted octanol–water partition coefficient (Wildman–Crippen LogP) is 4.21. The van der Waals surface area contributed by atoms with Crippen molar-refractivity contribution >= 4 is 36.4 Å². The predicted molar refractivity (Wildman–Crippen MR) is 110 cm³/mol. The Hall–Kier alpha value is -0.970. The Morgan fingerprint density at radius 2 is 1.88 bits per heavy atom. The van der Waals surface area contributed by atoms with Crippen molar-refractivity contribution in [1.29, 1.82) is 0 Å². The quantitative estimate of drug-likeness (QED) is 0.809. The van der Waals surface area contributed by atoms with Crippen molar-refractivity contribution < 1.29 is 4.74 Å². The number of nitrogens with zero attached hydrogens (tertiary/aromatic N) is 1. The molecule has 0 radical (unpaired) electrons. The Morgan fingerprint density at radius 3 is 2.60 bits per heavy atom. The highest BCUT2D eigenvalue weighted by atomic mass is 35.5. The third-order valence-corrected chi connectivity index (χ3v) is 4.60. The molecule has 1 atom stereocenters. The molecule has 0 aliphatic carbocycles. The second kappa shape index (κ2) is 10.9. The smallest absolute Gasteiger partial charge is 0.137 e. The van der Waals surface area contributed by atoms with Gasteiger partial charge in [-0.3, -0.25) is 4.90 Å². The summed E-state index contributed by atoms with van der Waals surface area (Å²) in [6.45, 7) is 4.19. The minimum absolute atomic E-state index is 0. The van der Waals surface area contributed by atoms with Gasteiger partial charge in [0.05, 0.1) is 12.1 Å². The van der Waals surface area contributed by atoms with Crippen LogP contribution in [0.4, 0.5) is 0 Å². The molecule has 0 aromatic heterocycles. The number of hydrogen-bond acceptors (Lipinski definition) is 3. The van der Waals surface area contributed by atoms with Crippen molar-refractivity contribution in [3.05, 3.63) is 64.7 Å². The lowest BCUT2D eigenvalue weighted by atomic mass is 10.0. The van der Waals surface area contributed by atoms with Crippen molar-refractivity contribution in [1.82, 2.24) is 10.2 Å². The van der Waals surface area contributed by atoms with Crippen LogP contribution in [0.15, 0.2) is 48.5 Å². The highest BCUT2D eigenvalue weighted by molar-refractivity contribution is 6.32.